The van der Waals surface area contributed by atoms with Crippen molar-refractivity contribution in [3.05, 3.63) is 24.3 Å². The van der Waals surface area contributed by atoms with Gasteiger partial charge in [-0.15, -0.1) is 0 Å². The summed E-state index contributed by atoms with van der Waals surface area (Å²) in [6.07, 6.45) is 6.72. The molecule has 0 spiro atoms. The number of likely N-dealkylation sites (N-methyl/N-ethyl adjacent to an activating group) is 1. The zero-order chi connectivity index (χ0) is 8.69. The molecule has 0 aromatic heterocycles. The van der Waals surface area contributed by atoms with Crippen LogP contribution >= 0.6 is 0 Å². The van der Waals surface area contributed by atoms with E-state index in [1.165, 1.54) is 13.2 Å². The van der Waals surface area contributed by atoms with Crippen LogP contribution in [0, 0.1) is 0 Å². The van der Waals surface area contributed by atoms with Crippen LogP contribution in [-0.4, -0.2) is 25.1 Å². The van der Waals surface area contributed by atoms with Crippen molar-refractivity contribution in [3.8, 4) is 0 Å². The third-order valence-electron chi connectivity index (χ3n) is 1.13. The van der Waals surface area contributed by atoms with Gasteiger partial charge in [0.15, 0.2) is 0 Å². The van der Waals surface area contributed by atoms with E-state index in [1.54, 1.807) is 19.2 Å². The van der Waals surface area contributed by atoms with Gasteiger partial charge in [0.2, 0.25) is 0 Å². The molecule has 0 aliphatic rings. The van der Waals surface area contributed by atoms with E-state index < -0.39 is 0 Å². The van der Waals surface area contributed by atoms with Crippen molar-refractivity contribution in [3.63, 3.8) is 0 Å². The Morgan fingerprint density at radius 3 is 2.55 bits per heavy atom. The third kappa shape index (κ3) is 4.33. The lowest BCUT2D eigenvalue weighted by Gasteiger charge is -2.09. The van der Waals surface area contributed by atoms with Gasteiger partial charge in [0.1, 0.15) is 0 Å². The van der Waals surface area contributed by atoms with E-state index in [4.69, 9.17) is 0 Å². The van der Waals surface area contributed by atoms with Gasteiger partial charge in [0.05, 0.1) is 7.11 Å². The number of amides is 1. The maximum Gasteiger partial charge on any atom is 0.269 e. The van der Waals surface area contributed by atoms with Gasteiger partial charge in [-0.2, -0.15) is 0 Å². The first-order valence-corrected chi connectivity index (χ1v) is 3.33. The molecule has 1 amide bonds. The molecule has 0 saturated heterocycles. The first-order chi connectivity index (χ1) is 5.22. The molecule has 0 saturated carbocycles. The van der Waals surface area contributed by atoms with Crippen LogP contribution in [0.15, 0.2) is 24.3 Å². The lowest BCUT2D eigenvalue weighted by Crippen LogP contribution is -2.22. The van der Waals surface area contributed by atoms with Crippen LogP contribution in [0.1, 0.15) is 6.92 Å². The van der Waals surface area contributed by atoms with E-state index in [0.29, 0.717) is 0 Å². The standard InChI is InChI=1S/C8H13NO2/c1-4-5-6-7-8(10)9(2)11-3/h4-7H,1-3H3. The van der Waals surface area contributed by atoms with Crippen molar-refractivity contribution in [2.45, 2.75) is 6.92 Å². The van der Waals surface area contributed by atoms with Gasteiger partial charge in [-0.05, 0) is 6.92 Å². The number of carbonyl (C=O) groups excluding carboxylic acids is 1. The van der Waals surface area contributed by atoms with Crippen molar-refractivity contribution < 1.29 is 9.63 Å². The summed E-state index contributed by atoms with van der Waals surface area (Å²) in [5.74, 6) is -0.175. The summed E-state index contributed by atoms with van der Waals surface area (Å²) >= 11 is 0. The third-order valence-corrected chi connectivity index (χ3v) is 1.13. The Hall–Kier alpha value is -1.09. The Bertz CT molecular complexity index is 173. The molecule has 62 valence electrons. The molecule has 3 heteroatoms. The van der Waals surface area contributed by atoms with Gasteiger partial charge in [0.25, 0.3) is 5.91 Å². The van der Waals surface area contributed by atoms with Gasteiger partial charge in [-0.3, -0.25) is 9.63 Å². The highest BCUT2D eigenvalue weighted by molar-refractivity contribution is 5.86. The van der Waals surface area contributed by atoms with Crippen LogP contribution in [0.25, 0.3) is 0 Å². The Kier molecular flexibility index (Phi) is 5.11. The highest BCUT2D eigenvalue weighted by atomic mass is 16.7. The fraction of sp³-hybridized carbons (Fsp3) is 0.375. The Morgan fingerprint density at radius 1 is 1.45 bits per heavy atom. The van der Waals surface area contributed by atoms with Crippen molar-refractivity contribution in [2.75, 3.05) is 14.2 Å². The van der Waals surface area contributed by atoms with E-state index in [-0.39, 0.29) is 5.91 Å². The summed E-state index contributed by atoms with van der Waals surface area (Å²) in [5, 5.41) is 1.15. The van der Waals surface area contributed by atoms with Crippen molar-refractivity contribution in [1.29, 1.82) is 0 Å². The summed E-state index contributed by atoms with van der Waals surface area (Å²) < 4.78 is 0. The minimum absolute atomic E-state index is 0.175. The molecule has 11 heavy (non-hydrogen) atoms. The number of carbonyl (C=O) groups is 1. The SMILES string of the molecule is CC=CC=CC(=O)N(C)OC. The molecule has 0 N–H and O–H groups in total. The molecule has 0 radical (unpaired) electrons. The molecule has 0 aromatic rings. The Balaban J connectivity index is 3.86. The van der Waals surface area contributed by atoms with Crippen LogP contribution in [0.5, 0.6) is 0 Å². The quantitative estimate of drug-likeness (QED) is 0.347. The fourth-order valence-corrected chi connectivity index (χ4v) is 0.444. The number of allylic oxidation sites excluding steroid dienone is 3. The second kappa shape index (κ2) is 5.68. The highest BCUT2D eigenvalue weighted by Crippen LogP contribution is 1.86. The number of hydroxylamine groups is 2. The molecule has 0 aliphatic carbocycles. The second-order valence-corrected chi connectivity index (χ2v) is 1.90. The van der Waals surface area contributed by atoms with Crippen LogP contribution in [0.3, 0.4) is 0 Å². The molecular weight excluding hydrogens is 142 g/mol. The van der Waals surface area contributed by atoms with Gasteiger partial charge in [-0.25, -0.2) is 5.06 Å². The predicted octanol–water partition coefficient (Wildman–Crippen LogP) is 1.14. The van der Waals surface area contributed by atoms with Gasteiger partial charge >= 0.3 is 0 Å². The molecular formula is C8H13NO2. The van der Waals surface area contributed by atoms with Gasteiger partial charge < -0.3 is 0 Å². The lowest BCUT2D eigenvalue weighted by atomic mass is 10.4. The van der Waals surface area contributed by atoms with Crippen LogP contribution in [-0.2, 0) is 9.63 Å². The van der Waals surface area contributed by atoms with E-state index in [0.717, 1.165) is 5.06 Å². The summed E-state index contributed by atoms with van der Waals surface area (Å²) in [5.41, 5.74) is 0. The van der Waals surface area contributed by atoms with Gasteiger partial charge in [0, 0.05) is 13.1 Å². The summed E-state index contributed by atoms with van der Waals surface area (Å²) in [6.45, 7) is 1.88. The zero-order valence-corrected chi connectivity index (χ0v) is 7.07. The van der Waals surface area contributed by atoms with E-state index in [1.807, 2.05) is 13.0 Å². The lowest BCUT2D eigenvalue weighted by molar-refractivity contribution is -0.162. The molecule has 0 aromatic carbocycles. The minimum atomic E-state index is -0.175. The van der Waals surface area contributed by atoms with Crippen molar-refractivity contribution in [1.82, 2.24) is 5.06 Å². The molecule has 0 unspecified atom stereocenters. The minimum Gasteiger partial charge on any atom is -0.274 e. The number of hydrogen-bond acceptors (Lipinski definition) is 2. The summed E-state index contributed by atoms with van der Waals surface area (Å²) in [7, 11) is 3.00. The van der Waals surface area contributed by atoms with E-state index in [9.17, 15) is 4.79 Å². The smallest absolute Gasteiger partial charge is 0.269 e. The maximum absolute atomic E-state index is 10.9. The molecule has 0 fully saturated rings. The number of rotatable bonds is 3. The van der Waals surface area contributed by atoms with Crippen LogP contribution in [0.2, 0.25) is 0 Å². The Labute approximate surface area is 66.9 Å². The first-order valence-electron chi connectivity index (χ1n) is 3.33. The fourth-order valence-electron chi connectivity index (χ4n) is 0.444. The average Bonchev–Trinajstić information content (AvgIpc) is 2.03. The largest absolute Gasteiger partial charge is 0.274 e. The maximum atomic E-state index is 10.9. The summed E-state index contributed by atoms with van der Waals surface area (Å²) in [6, 6.07) is 0. The molecule has 0 bridgehead atoms. The van der Waals surface area contributed by atoms with Crippen molar-refractivity contribution >= 4 is 5.91 Å². The number of hydrogen-bond donors (Lipinski definition) is 0. The molecule has 0 atom stereocenters. The average molecular weight is 155 g/mol. The molecule has 0 aliphatic heterocycles. The topological polar surface area (TPSA) is 29.5 Å². The number of nitrogens with zero attached hydrogens (tertiary/aromatic N) is 1. The van der Waals surface area contributed by atoms with Crippen LogP contribution < -0.4 is 0 Å². The normalized spacial score (nSPS) is 11.2. The Morgan fingerprint density at radius 2 is 2.09 bits per heavy atom. The monoisotopic (exact) mass is 155 g/mol. The predicted molar refractivity (Wildman–Crippen MR) is 43.7 cm³/mol. The van der Waals surface area contributed by atoms with Crippen LogP contribution in [0.4, 0.5) is 0 Å². The highest BCUT2D eigenvalue weighted by Gasteiger charge is 1.99. The molecule has 0 rings (SSSR count). The first kappa shape index (κ1) is 9.91. The van der Waals surface area contributed by atoms with E-state index in [2.05, 4.69) is 4.84 Å². The zero-order valence-electron chi connectivity index (χ0n) is 7.07. The molecule has 0 heterocycles. The van der Waals surface area contributed by atoms with E-state index >= 15 is 0 Å². The summed E-state index contributed by atoms with van der Waals surface area (Å²) in [4.78, 5) is 15.6. The van der Waals surface area contributed by atoms with Gasteiger partial charge in [-0.1, -0.05) is 18.2 Å². The second-order valence-electron chi connectivity index (χ2n) is 1.90. The van der Waals surface area contributed by atoms with Crippen molar-refractivity contribution in [2.24, 2.45) is 0 Å². The molecule has 3 nitrogen and oxygen atoms in total.